The Morgan fingerprint density at radius 1 is 1.33 bits per heavy atom. The van der Waals surface area contributed by atoms with E-state index in [2.05, 4.69) is 39.8 Å². The van der Waals surface area contributed by atoms with Crippen molar-refractivity contribution in [2.75, 3.05) is 0 Å². The van der Waals surface area contributed by atoms with E-state index in [4.69, 9.17) is 10.5 Å². The molecular formula is C13H19NO. The van der Waals surface area contributed by atoms with Crippen molar-refractivity contribution in [2.24, 2.45) is 5.73 Å². The molecular weight excluding hydrogens is 186 g/mol. The van der Waals surface area contributed by atoms with E-state index < -0.39 is 0 Å². The average Bonchev–Trinajstić information content (AvgIpc) is 2.10. The summed E-state index contributed by atoms with van der Waals surface area (Å²) in [6.45, 7) is 8.39. The van der Waals surface area contributed by atoms with E-state index in [9.17, 15) is 0 Å². The Morgan fingerprint density at radius 3 is 2.67 bits per heavy atom. The second-order valence-corrected chi connectivity index (χ2v) is 5.10. The summed E-state index contributed by atoms with van der Waals surface area (Å²) in [5.41, 5.74) is 9.64. The Labute approximate surface area is 91.4 Å². The molecule has 0 aromatic heterocycles. The molecule has 15 heavy (non-hydrogen) atoms. The molecule has 0 saturated heterocycles. The van der Waals surface area contributed by atoms with E-state index in [-0.39, 0.29) is 11.6 Å². The van der Waals surface area contributed by atoms with E-state index in [0.29, 0.717) is 0 Å². The van der Waals surface area contributed by atoms with Gasteiger partial charge in [-0.1, -0.05) is 12.1 Å². The Balaban J connectivity index is 2.56. The lowest BCUT2D eigenvalue weighted by molar-refractivity contribution is 0.0718. The molecule has 0 fully saturated rings. The van der Waals surface area contributed by atoms with Crippen LogP contribution < -0.4 is 10.5 Å². The van der Waals surface area contributed by atoms with Crippen molar-refractivity contribution in [1.29, 1.82) is 0 Å². The first-order valence-electron chi connectivity index (χ1n) is 5.45. The number of aryl methyl sites for hydroxylation is 1. The third-order valence-corrected chi connectivity index (χ3v) is 3.20. The van der Waals surface area contributed by atoms with Gasteiger partial charge in [-0.05, 0) is 38.8 Å². The fourth-order valence-corrected chi connectivity index (χ4v) is 2.20. The van der Waals surface area contributed by atoms with Gasteiger partial charge in [-0.2, -0.15) is 0 Å². The van der Waals surface area contributed by atoms with Crippen molar-refractivity contribution in [3.05, 3.63) is 28.8 Å². The lowest BCUT2D eigenvalue weighted by atomic mass is 9.88. The smallest absolute Gasteiger partial charge is 0.128 e. The second kappa shape index (κ2) is 3.24. The Kier molecular flexibility index (Phi) is 2.27. The predicted octanol–water partition coefficient (Wildman–Crippen LogP) is 2.86. The highest BCUT2D eigenvalue weighted by Crippen LogP contribution is 2.40. The molecule has 1 unspecified atom stereocenters. The maximum absolute atomic E-state index is 6.16. The molecule has 1 aliphatic heterocycles. The lowest BCUT2D eigenvalue weighted by Gasteiger charge is -2.37. The van der Waals surface area contributed by atoms with Gasteiger partial charge in [0.25, 0.3) is 0 Å². The van der Waals surface area contributed by atoms with Gasteiger partial charge in [0, 0.05) is 18.0 Å². The van der Waals surface area contributed by atoms with Gasteiger partial charge < -0.3 is 10.5 Å². The first kappa shape index (κ1) is 10.5. The van der Waals surface area contributed by atoms with Crippen molar-refractivity contribution in [1.82, 2.24) is 0 Å². The highest BCUT2D eigenvalue weighted by atomic mass is 16.5. The van der Waals surface area contributed by atoms with Gasteiger partial charge in [0.2, 0.25) is 0 Å². The van der Waals surface area contributed by atoms with Crippen LogP contribution in [0, 0.1) is 13.8 Å². The summed E-state index contributed by atoms with van der Waals surface area (Å²) >= 11 is 0. The third kappa shape index (κ3) is 1.74. The Morgan fingerprint density at radius 2 is 2.00 bits per heavy atom. The summed E-state index contributed by atoms with van der Waals surface area (Å²) in [5.74, 6) is 0.999. The van der Waals surface area contributed by atoms with Gasteiger partial charge >= 0.3 is 0 Å². The number of benzene rings is 1. The molecule has 1 aromatic carbocycles. The fraction of sp³-hybridized carbons (Fsp3) is 0.538. The van der Waals surface area contributed by atoms with Gasteiger partial charge in [0.1, 0.15) is 11.4 Å². The first-order valence-corrected chi connectivity index (χ1v) is 5.45. The van der Waals surface area contributed by atoms with E-state index in [1.54, 1.807) is 0 Å². The van der Waals surface area contributed by atoms with Crippen LogP contribution >= 0.6 is 0 Å². The molecule has 1 atom stereocenters. The van der Waals surface area contributed by atoms with Crippen LogP contribution in [0.3, 0.4) is 0 Å². The van der Waals surface area contributed by atoms with Gasteiger partial charge in [-0.25, -0.2) is 0 Å². The molecule has 1 aliphatic rings. The number of fused-ring (bicyclic) bond motifs is 1. The van der Waals surface area contributed by atoms with Crippen LogP contribution in [0.1, 0.15) is 43.0 Å². The monoisotopic (exact) mass is 205 g/mol. The zero-order chi connectivity index (χ0) is 11.2. The topological polar surface area (TPSA) is 35.2 Å². The summed E-state index contributed by atoms with van der Waals surface area (Å²) in [7, 11) is 0. The van der Waals surface area contributed by atoms with Gasteiger partial charge in [-0.3, -0.25) is 0 Å². The number of rotatable bonds is 0. The highest BCUT2D eigenvalue weighted by molar-refractivity contribution is 5.48. The quantitative estimate of drug-likeness (QED) is 0.707. The molecule has 1 heterocycles. The zero-order valence-corrected chi connectivity index (χ0v) is 9.92. The Hall–Kier alpha value is -1.02. The molecule has 0 radical (unpaired) electrons. The van der Waals surface area contributed by atoms with Crippen molar-refractivity contribution in [2.45, 2.75) is 45.8 Å². The molecule has 2 rings (SSSR count). The van der Waals surface area contributed by atoms with Crippen molar-refractivity contribution >= 4 is 0 Å². The maximum atomic E-state index is 6.16. The molecule has 2 heteroatoms. The largest absolute Gasteiger partial charge is 0.487 e. The van der Waals surface area contributed by atoms with Crippen LogP contribution in [0.25, 0.3) is 0 Å². The van der Waals surface area contributed by atoms with Gasteiger partial charge in [0.05, 0.1) is 0 Å². The fourth-order valence-electron chi connectivity index (χ4n) is 2.20. The minimum absolute atomic E-state index is 0.100. The van der Waals surface area contributed by atoms with Crippen LogP contribution in [-0.4, -0.2) is 5.60 Å². The van der Waals surface area contributed by atoms with E-state index in [1.165, 1.54) is 11.1 Å². The maximum Gasteiger partial charge on any atom is 0.128 e. The molecule has 0 spiro atoms. The molecule has 0 amide bonds. The lowest BCUT2D eigenvalue weighted by Crippen LogP contribution is -2.37. The van der Waals surface area contributed by atoms with Crippen LogP contribution in [0.4, 0.5) is 0 Å². The minimum Gasteiger partial charge on any atom is -0.487 e. The number of hydrogen-bond acceptors (Lipinski definition) is 2. The van der Waals surface area contributed by atoms with Crippen LogP contribution in [-0.2, 0) is 0 Å². The highest BCUT2D eigenvalue weighted by Gasteiger charge is 2.32. The Bertz CT molecular complexity index is 396. The van der Waals surface area contributed by atoms with E-state index in [1.807, 2.05) is 0 Å². The molecule has 2 nitrogen and oxygen atoms in total. The third-order valence-electron chi connectivity index (χ3n) is 3.20. The van der Waals surface area contributed by atoms with Crippen LogP contribution in [0.5, 0.6) is 5.75 Å². The SMILES string of the molecule is Cc1ccc2c(c1C)OC(C)(C)CC2N. The summed E-state index contributed by atoms with van der Waals surface area (Å²) in [5, 5.41) is 0. The van der Waals surface area contributed by atoms with Crippen LogP contribution in [0.2, 0.25) is 0 Å². The van der Waals surface area contributed by atoms with Crippen molar-refractivity contribution < 1.29 is 4.74 Å². The number of nitrogens with two attached hydrogens (primary N) is 1. The van der Waals surface area contributed by atoms with Crippen molar-refractivity contribution in [3.63, 3.8) is 0 Å². The predicted molar refractivity (Wildman–Crippen MR) is 62.2 cm³/mol. The minimum atomic E-state index is -0.148. The summed E-state index contributed by atoms with van der Waals surface area (Å²) in [6, 6.07) is 4.32. The number of ether oxygens (including phenoxy) is 1. The number of hydrogen-bond donors (Lipinski definition) is 1. The summed E-state index contributed by atoms with van der Waals surface area (Å²) in [6.07, 6.45) is 0.877. The standard InChI is InChI=1S/C13H19NO/c1-8-5-6-10-11(14)7-13(3,4)15-12(10)9(8)2/h5-6,11H,7,14H2,1-4H3. The molecule has 0 bridgehead atoms. The van der Waals surface area contributed by atoms with Gasteiger partial charge in [0.15, 0.2) is 0 Å². The van der Waals surface area contributed by atoms with E-state index >= 15 is 0 Å². The normalized spacial score (nSPS) is 23.1. The molecule has 1 aromatic rings. The van der Waals surface area contributed by atoms with E-state index in [0.717, 1.165) is 17.7 Å². The zero-order valence-electron chi connectivity index (χ0n) is 9.92. The second-order valence-electron chi connectivity index (χ2n) is 5.10. The summed E-state index contributed by atoms with van der Waals surface area (Å²) in [4.78, 5) is 0. The molecule has 82 valence electrons. The van der Waals surface area contributed by atoms with Crippen LogP contribution in [0.15, 0.2) is 12.1 Å². The molecule has 2 N–H and O–H groups in total. The first-order chi connectivity index (χ1) is 6.91. The van der Waals surface area contributed by atoms with Gasteiger partial charge in [-0.15, -0.1) is 0 Å². The average molecular weight is 205 g/mol. The van der Waals surface area contributed by atoms with Crippen molar-refractivity contribution in [3.8, 4) is 5.75 Å². The molecule has 0 saturated carbocycles. The summed E-state index contributed by atoms with van der Waals surface area (Å²) < 4.78 is 6.02. The molecule has 0 aliphatic carbocycles.